The quantitative estimate of drug-likeness (QED) is 0.382. The van der Waals surface area contributed by atoms with Crippen LogP contribution in [0.25, 0.3) is 11.1 Å². The van der Waals surface area contributed by atoms with Gasteiger partial charge in [0.2, 0.25) is 0 Å². The second kappa shape index (κ2) is 9.79. The summed E-state index contributed by atoms with van der Waals surface area (Å²) in [6.45, 7) is 7.52. The summed E-state index contributed by atoms with van der Waals surface area (Å²) in [6.07, 6.45) is 3.16. The maximum Gasteiger partial charge on any atom is 0.150 e. The Hall–Kier alpha value is -3.44. The van der Waals surface area contributed by atoms with Crippen LogP contribution in [-0.2, 0) is 0 Å². The third-order valence-electron chi connectivity index (χ3n) is 7.95. The average Bonchev–Trinajstić information content (AvgIpc) is 3.65. The number of rotatable bonds is 7. The number of hydrogen-bond donors (Lipinski definition) is 2. The summed E-state index contributed by atoms with van der Waals surface area (Å²) in [6, 6.07) is 21.4. The Morgan fingerprint density at radius 3 is 2.43 bits per heavy atom. The molecule has 1 saturated heterocycles. The summed E-state index contributed by atoms with van der Waals surface area (Å²) in [5, 5.41) is 20.5. The van der Waals surface area contributed by atoms with E-state index < -0.39 is 0 Å². The third-order valence-corrected chi connectivity index (χ3v) is 7.95. The number of likely N-dealkylation sites (tertiary alicyclic amines) is 1. The van der Waals surface area contributed by atoms with Gasteiger partial charge in [-0.05, 0) is 104 Å². The summed E-state index contributed by atoms with van der Waals surface area (Å²) in [5.74, 6) is 3.28. The fraction of sp³-hybridized carbons (Fsp3) is 0.375. The van der Waals surface area contributed by atoms with E-state index in [2.05, 4.69) is 30.9 Å². The van der Waals surface area contributed by atoms with Crippen LogP contribution in [0, 0.1) is 11.8 Å². The van der Waals surface area contributed by atoms with Crippen LogP contribution in [-0.4, -0.2) is 40.9 Å². The van der Waals surface area contributed by atoms with Crippen molar-refractivity contribution < 1.29 is 19.7 Å². The van der Waals surface area contributed by atoms with Crippen LogP contribution >= 0.6 is 0 Å². The Bertz CT molecular complexity index is 1310. The van der Waals surface area contributed by atoms with E-state index in [4.69, 9.17) is 9.47 Å². The molecule has 192 valence electrons. The number of nitrogens with zero attached hydrogens (tertiary/aromatic N) is 1. The van der Waals surface area contributed by atoms with Crippen LogP contribution in [0.1, 0.15) is 55.9 Å². The normalized spacial score (nSPS) is 22.4. The van der Waals surface area contributed by atoms with E-state index in [0.29, 0.717) is 18.6 Å². The van der Waals surface area contributed by atoms with Gasteiger partial charge in [-0.3, -0.25) is 4.90 Å². The first kappa shape index (κ1) is 23.9. The Morgan fingerprint density at radius 1 is 0.946 bits per heavy atom. The fourth-order valence-corrected chi connectivity index (χ4v) is 5.76. The standard InChI is InChI=1S/C32H35NO4/c1-20-14-15-33(18-20)21(2)19-36-27-11-8-23(9-12-27)32-31(24-4-3-5-25(34)16-24)30(22-6-7-22)28-17-26(35)10-13-29(28)37-32/h3-5,8-13,16-17,20-22,32,34-35H,6-7,14-15,18-19H2,1-2H3. The highest BCUT2D eigenvalue weighted by Crippen LogP contribution is 2.55. The van der Waals surface area contributed by atoms with Crippen LogP contribution in [0.2, 0.25) is 0 Å². The van der Waals surface area contributed by atoms with E-state index in [1.54, 1.807) is 24.3 Å². The Kier molecular flexibility index (Phi) is 6.33. The molecule has 0 amide bonds. The second-order valence-corrected chi connectivity index (χ2v) is 10.9. The van der Waals surface area contributed by atoms with E-state index in [1.165, 1.54) is 12.0 Å². The van der Waals surface area contributed by atoms with Crippen molar-refractivity contribution in [3.05, 3.63) is 83.4 Å². The minimum absolute atomic E-state index is 0.228. The van der Waals surface area contributed by atoms with Gasteiger partial charge in [0.15, 0.2) is 0 Å². The van der Waals surface area contributed by atoms with Crippen molar-refractivity contribution in [3.63, 3.8) is 0 Å². The molecule has 1 aliphatic carbocycles. The maximum atomic E-state index is 10.3. The van der Waals surface area contributed by atoms with Gasteiger partial charge in [0.25, 0.3) is 0 Å². The fourth-order valence-electron chi connectivity index (χ4n) is 5.76. The zero-order chi connectivity index (χ0) is 25.5. The number of allylic oxidation sites excluding steroid dienone is 1. The molecule has 5 heteroatoms. The van der Waals surface area contributed by atoms with Gasteiger partial charge in [0.1, 0.15) is 35.7 Å². The largest absolute Gasteiger partial charge is 0.508 e. The van der Waals surface area contributed by atoms with E-state index in [-0.39, 0.29) is 17.6 Å². The first-order valence-electron chi connectivity index (χ1n) is 13.5. The van der Waals surface area contributed by atoms with Crippen LogP contribution in [0.4, 0.5) is 0 Å². The van der Waals surface area contributed by atoms with Crippen molar-refractivity contribution in [3.8, 4) is 23.0 Å². The molecule has 2 heterocycles. The van der Waals surface area contributed by atoms with Gasteiger partial charge in [0, 0.05) is 23.7 Å². The summed E-state index contributed by atoms with van der Waals surface area (Å²) >= 11 is 0. The molecular weight excluding hydrogens is 462 g/mol. The van der Waals surface area contributed by atoms with Gasteiger partial charge in [-0.2, -0.15) is 0 Å². The third kappa shape index (κ3) is 4.93. The Balaban J connectivity index is 1.31. The minimum atomic E-state index is -0.325. The van der Waals surface area contributed by atoms with Crippen molar-refractivity contribution in [2.45, 2.75) is 45.3 Å². The second-order valence-electron chi connectivity index (χ2n) is 10.9. The van der Waals surface area contributed by atoms with Gasteiger partial charge < -0.3 is 19.7 Å². The zero-order valence-electron chi connectivity index (χ0n) is 21.6. The molecule has 3 unspecified atom stereocenters. The smallest absolute Gasteiger partial charge is 0.150 e. The first-order chi connectivity index (χ1) is 18.0. The molecule has 1 saturated carbocycles. The lowest BCUT2D eigenvalue weighted by Crippen LogP contribution is -2.35. The number of aromatic hydroxyl groups is 2. The maximum absolute atomic E-state index is 10.3. The molecular formula is C32H35NO4. The molecule has 2 fully saturated rings. The number of hydrogen-bond acceptors (Lipinski definition) is 5. The van der Waals surface area contributed by atoms with Crippen molar-refractivity contribution >= 4 is 11.1 Å². The predicted molar refractivity (Wildman–Crippen MR) is 146 cm³/mol. The van der Waals surface area contributed by atoms with Crippen molar-refractivity contribution in [2.24, 2.45) is 11.8 Å². The van der Waals surface area contributed by atoms with E-state index in [1.807, 2.05) is 30.3 Å². The molecule has 0 radical (unpaired) electrons. The number of phenolic OH excluding ortho intramolecular Hbond substituents is 2. The summed E-state index contributed by atoms with van der Waals surface area (Å²) in [5.41, 5.74) is 5.19. The van der Waals surface area contributed by atoms with Crippen LogP contribution in [0.15, 0.2) is 66.7 Å². The molecule has 0 spiro atoms. The molecule has 3 aliphatic rings. The molecule has 3 aromatic carbocycles. The van der Waals surface area contributed by atoms with Gasteiger partial charge in [0.05, 0.1) is 0 Å². The topological polar surface area (TPSA) is 62.2 Å². The lowest BCUT2D eigenvalue weighted by atomic mass is 9.83. The van der Waals surface area contributed by atoms with Crippen LogP contribution < -0.4 is 9.47 Å². The lowest BCUT2D eigenvalue weighted by Gasteiger charge is -2.32. The van der Waals surface area contributed by atoms with Crippen molar-refractivity contribution in [1.29, 1.82) is 0 Å². The van der Waals surface area contributed by atoms with Gasteiger partial charge in [-0.1, -0.05) is 31.2 Å². The summed E-state index contributed by atoms with van der Waals surface area (Å²) in [7, 11) is 0. The average molecular weight is 498 g/mol. The van der Waals surface area contributed by atoms with E-state index >= 15 is 0 Å². The molecule has 2 aliphatic heterocycles. The molecule has 3 atom stereocenters. The molecule has 5 nitrogen and oxygen atoms in total. The molecule has 6 rings (SSSR count). The molecule has 0 aromatic heterocycles. The van der Waals surface area contributed by atoms with E-state index in [9.17, 15) is 10.2 Å². The predicted octanol–water partition coefficient (Wildman–Crippen LogP) is 6.66. The van der Waals surface area contributed by atoms with Gasteiger partial charge in [-0.15, -0.1) is 0 Å². The SMILES string of the molecule is CC1CCN(C(C)COc2ccc(C3Oc4ccc(O)cc4C(C4CC4)=C3c3cccc(O)c3)cc2)C1. The van der Waals surface area contributed by atoms with Gasteiger partial charge in [-0.25, -0.2) is 0 Å². The van der Waals surface area contributed by atoms with Crippen molar-refractivity contribution in [1.82, 2.24) is 4.90 Å². The molecule has 37 heavy (non-hydrogen) atoms. The van der Waals surface area contributed by atoms with Crippen LogP contribution in [0.3, 0.4) is 0 Å². The minimum Gasteiger partial charge on any atom is -0.508 e. The highest BCUT2D eigenvalue weighted by molar-refractivity contribution is 5.98. The van der Waals surface area contributed by atoms with Crippen molar-refractivity contribution in [2.75, 3.05) is 19.7 Å². The summed E-state index contributed by atoms with van der Waals surface area (Å²) < 4.78 is 12.8. The Morgan fingerprint density at radius 2 is 1.73 bits per heavy atom. The van der Waals surface area contributed by atoms with Gasteiger partial charge >= 0.3 is 0 Å². The monoisotopic (exact) mass is 497 g/mol. The lowest BCUT2D eigenvalue weighted by molar-refractivity contribution is 0.169. The number of fused-ring (bicyclic) bond motifs is 1. The zero-order valence-corrected chi connectivity index (χ0v) is 21.6. The number of benzene rings is 3. The number of ether oxygens (including phenoxy) is 2. The first-order valence-corrected chi connectivity index (χ1v) is 13.5. The molecule has 2 N–H and O–H groups in total. The number of phenols is 2. The highest BCUT2D eigenvalue weighted by Gasteiger charge is 2.38. The highest BCUT2D eigenvalue weighted by atomic mass is 16.5. The summed E-state index contributed by atoms with van der Waals surface area (Å²) in [4.78, 5) is 2.51. The molecule has 0 bridgehead atoms. The van der Waals surface area contributed by atoms with E-state index in [0.717, 1.165) is 65.6 Å². The van der Waals surface area contributed by atoms with Crippen LogP contribution in [0.5, 0.6) is 23.0 Å². The molecule has 3 aromatic rings. The Labute approximate surface area is 219 Å².